The summed E-state index contributed by atoms with van der Waals surface area (Å²) >= 11 is 1.86. The Morgan fingerprint density at radius 2 is 2.06 bits per heavy atom. The number of nitrogens with one attached hydrogen (secondary N) is 1. The van der Waals surface area contributed by atoms with Gasteiger partial charge in [-0.1, -0.05) is 20.8 Å². The Hall–Kier alpha value is -0.770. The van der Waals surface area contributed by atoms with Gasteiger partial charge in [-0.25, -0.2) is 9.97 Å². The van der Waals surface area contributed by atoms with E-state index in [0.717, 1.165) is 23.2 Å². The summed E-state index contributed by atoms with van der Waals surface area (Å²) in [5.74, 6) is 3.29. The predicted octanol–water partition coefficient (Wildman–Crippen LogP) is 3.92. The van der Waals surface area contributed by atoms with Gasteiger partial charge in [0.1, 0.15) is 16.7 Å². The zero-order chi connectivity index (χ0) is 13.1. The number of nitrogens with zero attached hydrogens (tertiary/aromatic N) is 2. The molecule has 4 heteroatoms. The number of rotatable bonds is 6. The molecule has 18 heavy (non-hydrogen) atoms. The van der Waals surface area contributed by atoms with Crippen LogP contribution in [0.15, 0.2) is 11.1 Å². The quantitative estimate of drug-likeness (QED) is 0.625. The van der Waals surface area contributed by atoms with E-state index in [9.17, 15) is 0 Å². The van der Waals surface area contributed by atoms with Crippen molar-refractivity contribution in [2.45, 2.75) is 56.7 Å². The zero-order valence-corrected chi connectivity index (χ0v) is 12.5. The maximum Gasteiger partial charge on any atom is 0.135 e. The van der Waals surface area contributed by atoms with E-state index in [1.165, 1.54) is 12.8 Å². The van der Waals surface area contributed by atoms with E-state index in [4.69, 9.17) is 4.98 Å². The monoisotopic (exact) mass is 265 g/mol. The molecule has 0 saturated heterocycles. The largest absolute Gasteiger partial charge is 0.370 e. The predicted molar refractivity (Wildman–Crippen MR) is 78.3 cm³/mol. The fourth-order valence-electron chi connectivity index (χ4n) is 1.63. The maximum absolute atomic E-state index is 4.71. The summed E-state index contributed by atoms with van der Waals surface area (Å²) in [4.78, 5) is 9.31. The Balaban J connectivity index is 2.17. The van der Waals surface area contributed by atoms with Gasteiger partial charge in [0, 0.05) is 23.8 Å². The second kappa shape index (κ2) is 5.91. The zero-order valence-electron chi connectivity index (χ0n) is 11.7. The van der Waals surface area contributed by atoms with Crippen LogP contribution in [0.5, 0.6) is 0 Å². The minimum absolute atomic E-state index is 0.585. The topological polar surface area (TPSA) is 37.8 Å². The van der Waals surface area contributed by atoms with Gasteiger partial charge in [-0.15, -0.1) is 11.8 Å². The van der Waals surface area contributed by atoms with Crippen molar-refractivity contribution in [1.29, 1.82) is 0 Å². The van der Waals surface area contributed by atoms with Crippen LogP contribution in [-0.2, 0) is 0 Å². The van der Waals surface area contributed by atoms with Crippen LogP contribution in [-0.4, -0.2) is 21.8 Å². The molecule has 1 fully saturated rings. The summed E-state index contributed by atoms with van der Waals surface area (Å²) in [6.07, 6.45) is 2.50. The van der Waals surface area contributed by atoms with Crippen molar-refractivity contribution < 1.29 is 0 Å². The highest BCUT2D eigenvalue weighted by molar-refractivity contribution is 7.99. The molecule has 1 atom stereocenters. The van der Waals surface area contributed by atoms with Crippen LogP contribution in [0.4, 0.5) is 5.82 Å². The van der Waals surface area contributed by atoms with E-state index in [0.29, 0.717) is 17.1 Å². The van der Waals surface area contributed by atoms with Crippen LogP contribution in [0.25, 0.3) is 0 Å². The number of hydrogen-bond acceptors (Lipinski definition) is 4. The van der Waals surface area contributed by atoms with E-state index < -0.39 is 0 Å². The molecule has 1 aromatic heterocycles. The lowest BCUT2D eigenvalue weighted by Crippen LogP contribution is -2.08. The molecule has 0 radical (unpaired) electrons. The number of thioether (sulfide) groups is 1. The molecule has 1 N–H and O–H groups in total. The van der Waals surface area contributed by atoms with E-state index in [1.807, 2.05) is 11.8 Å². The van der Waals surface area contributed by atoms with Crippen LogP contribution >= 0.6 is 11.8 Å². The first kappa shape index (κ1) is 13.7. The minimum Gasteiger partial charge on any atom is -0.370 e. The van der Waals surface area contributed by atoms with Gasteiger partial charge in [0.25, 0.3) is 0 Å². The van der Waals surface area contributed by atoms with Crippen LogP contribution < -0.4 is 5.32 Å². The number of hydrogen-bond donors (Lipinski definition) is 1. The van der Waals surface area contributed by atoms with Gasteiger partial charge in [0.05, 0.1) is 0 Å². The standard InChI is InChI=1S/C14H23N3S/c1-5-15-12-8-13(18-10(4)9(2)3)17-14(16-12)11-6-7-11/h8-11H,5-7H2,1-4H3,(H,15,16,17). The molecule has 0 spiro atoms. The van der Waals surface area contributed by atoms with E-state index in [1.54, 1.807) is 0 Å². The van der Waals surface area contributed by atoms with Gasteiger partial charge in [0.15, 0.2) is 0 Å². The SMILES string of the molecule is CCNc1cc(SC(C)C(C)C)nc(C2CC2)n1. The molecule has 1 saturated carbocycles. The molecule has 0 amide bonds. The average molecular weight is 265 g/mol. The smallest absolute Gasteiger partial charge is 0.135 e. The summed E-state index contributed by atoms with van der Waals surface area (Å²) in [7, 11) is 0. The fraction of sp³-hybridized carbons (Fsp3) is 0.714. The summed E-state index contributed by atoms with van der Waals surface area (Å²) in [6.45, 7) is 9.78. The summed E-state index contributed by atoms with van der Waals surface area (Å²) < 4.78 is 0. The van der Waals surface area contributed by atoms with Crippen molar-refractivity contribution in [3.05, 3.63) is 11.9 Å². The van der Waals surface area contributed by atoms with E-state index in [2.05, 4.69) is 44.1 Å². The molecule has 1 heterocycles. The van der Waals surface area contributed by atoms with Crippen LogP contribution in [0.3, 0.4) is 0 Å². The highest BCUT2D eigenvalue weighted by Gasteiger charge is 2.27. The molecular formula is C14H23N3S. The van der Waals surface area contributed by atoms with Crippen LogP contribution in [0, 0.1) is 5.92 Å². The Kier molecular flexibility index (Phi) is 4.49. The Morgan fingerprint density at radius 3 is 2.61 bits per heavy atom. The lowest BCUT2D eigenvalue weighted by Gasteiger charge is -2.15. The van der Waals surface area contributed by atoms with Crippen LogP contribution in [0.1, 0.15) is 52.3 Å². The van der Waals surface area contributed by atoms with E-state index >= 15 is 0 Å². The molecule has 1 unspecified atom stereocenters. The highest BCUT2D eigenvalue weighted by Crippen LogP contribution is 2.39. The van der Waals surface area contributed by atoms with Gasteiger partial charge < -0.3 is 5.32 Å². The summed E-state index contributed by atoms with van der Waals surface area (Å²) in [5.41, 5.74) is 0. The molecule has 100 valence electrons. The lowest BCUT2D eigenvalue weighted by molar-refractivity contribution is 0.641. The van der Waals surface area contributed by atoms with E-state index in [-0.39, 0.29) is 0 Å². The highest BCUT2D eigenvalue weighted by atomic mass is 32.2. The Labute approximate surface area is 114 Å². The first-order valence-corrected chi connectivity index (χ1v) is 7.77. The van der Waals surface area contributed by atoms with Crippen molar-refractivity contribution in [3.63, 3.8) is 0 Å². The van der Waals surface area contributed by atoms with Crippen molar-refractivity contribution in [2.24, 2.45) is 5.92 Å². The second-order valence-electron chi connectivity index (χ2n) is 5.32. The van der Waals surface area contributed by atoms with Crippen molar-refractivity contribution in [1.82, 2.24) is 9.97 Å². The van der Waals surface area contributed by atoms with Gasteiger partial charge in [-0.2, -0.15) is 0 Å². The first-order chi connectivity index (χ1) is 8.60. The first-order valence-electron chi connectivity index (χ1n) is 6.89. The molecule has 2 rings (SSSR count). The molecule has 1 aromatic rings. The minimum atomic E-state index is 0.585. The van der Waals surface area contributed by atoms with Crippen molar-refractivity contribution in [3.8, 4) is 0 Å². The Morgan fingerprint density at radius 1 is 1.33 bits per heavy atom. The molecule has 1 aliphatic carbocycles. The molecule has 1 aliphatic rings. The second-order valence-corrected chi connectivity index (χ2v) is 6.72. The third-order valence-electron chi connectivity index (χ3n) is 3.27. The average Bonchev–Trinajstić information content (AvgIpc) is 3.12. The van der Waals surface area contributed by atoms with Gasteiger partial charge in [0.2, 0.25) is 0 Å². The van der Waals surface area contributed by atoms with Gasteiger partial charge >= 0.3 is 0 Å². The molecular weight excluding hydrogens is 242 g/mol. The van der Waals surface area contributed by atoms with Gasteiger partial charge in [-0.3, -0.25) is 0 Å². The lowest BCUT2D eigenvalue weighted by atomic mass is 10.2. The number of anilines is 1. The van der Waals surface area contributed by atoms with Crippen molar-refractivity contribution in [2.75, 3.05) is 11.9 Å². The van der Waals surface area contributed by atoms with Crippen molar-refractivity contribution >= 4 is 17.6 Å². The number of aromatic nitrogens is 2. The normalized spacial score (nSPS) is 16.9. The summed E-state index contributed by atoms with van der Waals surface area (Å²) in [6, 6.07) is 2.08. The molecule has 0 bridgehead atoms. The third kappa shape index (κ3) is 3.61. The fourth-order valence-corrected chi connectivity index (χ4v) is 2.60. The maximum atomic E-state index is 4.71. The molecule has 0 aliphatic heterocycles. The van der Waals surface area contributed by atoms with Gasteiger partial charge in [-0.05, 0) is 25.7 Å². The summed E-state index contributed by atoms with van der Waals surface area (Å²) in [5, 5.41) is 5.01. The Bertz CT molecular complexity index is 402. The molecule has 0 aromatic carbocycles. The van der Waals surface area contributed by atoms with Crippen LogP contribution in [0.2, 0.25) is 0 Å². The molecule has 3 nitrogen and oxygen atoms in total. The third-order valence-corrected chi connectivity index (χ3v) is 4.63.